The fourth-order valence-electron chi connectivity index (χ4n) is 2.85. The van der Waals surface area contributed by atoms with Gasteiger partial charge in [-0.2, -0.15) is 0 Å². The zero-order valence-corrected chi connectivity index (χ0v) is 12.2. The summed E-state index contributed by atoms with van der Waals surface area (Å²) in [4.78, 5) is 12.2. The summed E-state index contributed by atoms with van der Waals surface area (Å²) in [6.07, 6.45) is 3.82. The van der Waals surface area contributed by atoms with Gasteiger partial charge in [-0.15, -0.1) is 0 Å². The molecule has 4 heteroatoms. The Morgan fingerprint density at radius 2 is 2.10 bits per heavy atom. The summed E-state index contributed by atoms with van der Waals surface area (Å²) in [5.41, 5.74) is 7.09. The monoisotopic (exact) mass is 276 g/mol. The molecule has 0 bridgehead atoms. The highest BCUT2D eigenvalue weighted by atomic mass is 16.3. The average molecular weight is 276 g/mol. The second kappa shape index (κ2) is 5.83. The van der Waals surface area contributed by atoms with Crippen LogP contribution in [0.15, 0.2) is 24.3 Å². The molecule has 2 atom stereocenters. The highest BCUT2D eigenvalue weighted by molar-refractivity contribution is 5.82. The summed E-state index contributed by atoms with van der Waals surface area (Å²) in [6.45, 7) is 4.38. The summed E-state index contributed by atoms with van der Waals surface area (Å²) < 4.78 is 0. The number of aromatic hydroxyl groups is 1. The lowest BCUT2D eigenvalue weighted by molar-refractivity contribution is -0.123. The second-order valence-corrected chi connectivity index (χ2v) is 6.42. The number of amides is 1. The van der Waals surface area contributed by atoms with E-state index < -0.39 is 6.04 Å². The Morgan fingerprint density at radius 3 is 2.65 bits per heavy atom. The third kappa shape index (κ3) is 3.51. The minimum Gasteiger partial charge on any atom is -0.508 e. The third-order valence-electron chi connectivity index (χ3n) is 4.30. The van der Waals surface area contributed by atoms with E-state index in [-0.39, 0.29) is 23.1 Å². The number of phenols is 1. The first-order chi connectivity index (χ1) is 9.38. The number of benzene rings is 1. The minimum atomic E-state index is -0.545. The van der Waals surface area contributed by atoms with Crippen LogP contribution in [0, 0.1) is 5.41 Å². The maximum absolute atomic E-state index is 12.2. The standard InChI is InChI=1S/C16H24N2O2/c1-16(2)9-3-4-14(16)18-15(20)13(17)10-11-5-7-12(19)8-6-11/h5-8,13-14,19H,3-4,9-10,17H2,1-2H3,(H,18,20). The quantitative estimate of drug-likeness (QED) is 0.787. The Kier molecular flexibility index (Phi) is 4.33. The summed E-state index contributed by atoms with van der Waals surface area (Å²) in [5, 5.41) is 12.3. The molecular weight excluding hydrogens is 252 g/mol. The average Bonchev–Trinajstić information content (AvgIpc) is 2.71. The van der Waals surface area contributed by atoms with E-state index in [0.717, 1.165) is 24.8 Å². The summed E-state index contributed by atoms with van der Waals surface area (Å²) >= 11 is 0. The molecule has 0 radical (unpaired) electrons. The van der Waals surface area contributed by atoms with Gasteiger partial charge in [0.15, 0.2) is 0 Å². The topological polar surface area (TPSA) is 75.4 Å². The van der Waals surface area contributed by atoms with Crippen LogP contribution in [0.1, 0.15) is 38.7 Å². The van der Waals surface area contributed by atoms with Gasteiger partial charge in [-0.1, -0.05) is 32.4 Å². The molecule has 20 heavy (non-hydrogen) atoms. The SMILES string of the molecule is CC1(C)CCCC1NC(=O)C(N)Cc1ccc(O)cc1. The summed E-state index contributed by atoms with van der Waals surface area (Å²) in [6, 6.07) is 6.49. The lowest BCUT2D eigenvalue weighted by atomic mass is 9.87. The first kappa shape index (κ1) is 14.9. The van der Waals surface area contributed by atoms with Crippen LogP contribution >= 0.6 is 0 Å². The van der Waals surface area contributed by atoms with E-state index in [1.54, 1.807) is 24.3 Å². The Balaban J connectivity index is 1.90. The van der Waals surface area contributed by atoms with Crippen molar-refractivity contribution in [2.45, 2.75) is 51.6 Å². The first-order valence-electron chi connectivity index (χ1n) is 7.22. The van der Waals surface area contributed by atoms with Crippen LogP contribution in [-0.4, -0.2) is 23.1 Å². The molecule has 2 rings (SSSR count). The van der Waals surface area contributed by atoms with E-state index in [2.05, 4.69) is 19.2 Å². The number of rotatable bonds is 4. The van der Waals surface area contributed by atoms with E-state index >= 15 is 0 Å². The molecule has 1 aliphatic rings. The van der Waals surface area contributed by atoms with Crippen molar-refractivity contribution in [2.75, 3.05) is 0 Å². The summed E-state index contributed by atoms with van der Waals surface area (Å²) in [5.74, 6) is 0.137. The largest absolute Gasteiger partial charge is 0.508 e. The predicted molar refractivity (Wildman–Crippen MR) is 79.3 cm³/mol. The van der Waals surface area contributed by atoms with Gasteiger partial charge in [-0.25, -0.2) is 0 Å². The van der Waals surface area contributed by atoms with Crippen LogP contribution in [0.2, 0.25) is 0 Å². The van der Waals surface area contributed by atoms with Gasteiger partial charge in [-0.3, -0.25) is 4.79 Å². The van der Waals surface area contributed by atoms with Gasteiger partial charge in [0, 0.05) is 6.04 Å². The van der Waals surface area contributed by atoms with Crippen molar-refractivity contribution in [1.82, 2.24) is 5.32 Å². The Morgan fingerprint density at radius 1 is 1.45 bits per heavy atom. The third-order valence-corrected chi connectivity index (χ3v) is 4.30. The number of nitrogens with one attached hydrogen (secondary N) is 1. The Bertz CT molecular complexity index is 468. The molecule has 0 aliphatic heterocycles. The zero-order valence-electron chi connectivity index (χ0n) is 12.2. The number of hydrogen-bond acceptors (Lipinski definition) is 3. The van der Waals surface area contributed by atoms with Crippen LogP contribution in [0.5, 0.6) is 5.75 Å². The molecule has 110 valence electrons. The van der Waals surface area contributed by atoms with Crippen molar-refractivity contribution in [2.24, 2.45) is 11.1 Å². The Labute approximate surface area is 120 Å². The number of nitrogens with two attached hydrogens (primary N) is 1. The number of carbonyl (C=O) groups excluding carboxylic acids is 1. The molecule has 4 nitrogen and oxygen atoms in total. The van der Waals surface area contributed by atoms with E-state index in [1.807, 2.05) is 0 Å². The molecular formula is C16H24N2O2. The van der Waals surface area contributed by atoms with Crippen LogP contribution in [0.3, 0.4) is 0 Å². The van der Waals surface area contributed by atoms with Gasteiger partial charge >= 0.3 is 0 Å². The molecule has 0 heterocycles. The van der Waals surface area contributed by atoms with E-state index in [9.17, 15) is 9.90 Å². The van der Waals surface area contributed by atoms with Crippen molar-refractivity contribution < 1.29 is 9.90 Å². The minimum absolute atomic E-state index is 0.0851. The van der Waals surface area contributed by atoms with Gasteiger partial charge in [0.1, 0.15) is 5.75 Å². The van der Waals surface area contributed by atoms with Gasteiger partial charge in [-0.05, 0) is 42.4 Å². The van der Waals surface area contributed by atoms with Crippen LogP contribution in [0.4, 0.5) is 0 Å². The number of hydrogen-bond donors (Lipinski definition) is 3. The number of phenolic OH excluding ortho intramolecular Hbond substituents is 1. The predicted octanol–water partition coefficient (Wildman–Crippen LogP) is 1.96. The lowest BCUT2D eigenvalue weighted by Crippen LogP contribution is -2.49. The van der Waals surface area contributed by atoms with E-state index in [1.165, 1.54) is 0 Å². The van der Waals surface area contributed by atoms with E-state index in [4.69, 9.17) is 5.73 Å². The second-order valence-electron chi connectivity index (χ2n) is 6.42. The molecule has 1 aromatic rings. The fourth-order valence-corrected chi connectivity index (χ4v) is 2.85. The van der Waals surface area contributed by atoms with Gasteiger partial charge in [0.05, 0.1) is 6.04 Å². The van der Waals surface area contributed by atoms with Gasteiger partial charge < -0.3 is 16.2 Å². The molecule has 1 aromatic carbocycles. The molecule has 1 saturated carbocycles. The van der Waals surface area contributed by atoms with Crippen molar-refractivity contribution in [1.29, 1.82) is 0 Å². The highest BCUT2D eigenvalue weighted by Gasteiger charge is 2.36. The highest BCUT2D eigenvalue weighted by Crippen LogP contribution is 2.37. The van der Waals surface area contributed by atoms with Gasteiger partial charge in [0.25, 0.3) is 0 Å². The van der Waals surface area contributed by atoms with E-state index in [0.29, 0.717) is 6.42 Å². The van der Waals surface area contributed by atoms with Crippen LogP contribution in [-0.2, 0) is 11.2 Å². The first-order valence-corrected chi connectivity index (χ1v) is 7.22. The van der Waals surface area contributed by atoms with Crippen molar-refractivity contribution >= 4 is 5.91 Å². The molecule has 1 aliphatic carbocycles. The normalized spacial score (nSPS) is 22.4. The van der Waals surface area contributed by atoms with Crippen LogP contribution in [0.25, 0.3) is 0 Å². The molecule has 1 fully saturated rings. The Hall–Kier alpha value is -1.55. The number of carbonyl (C=O) groups is 1. The molecule has 1 amide bonds. The molecule has 2 unspecified atom stereocenters. The van der Waals surface area contributed by atoms with Crippen molar-refractivity contribution in [3.63, 3.8) is 0 Å². The molecule has 0 saturated heterocycles. The smallest absolute Gasteiger partial charge is 0.237 e. The molecule has 0 spiro atoms. The van der Waals surface area contributed by atoms with Crippen LogP contribution < -0.4 is 11.1 Å². The molecule has 0 aromatic heterocycles. The van der Waals surface area contributed by atoms with Crippen molar-refractivity contribution in [3.05, 3.63) is 29.8 Å². The van der Waals surface area contributed by atoms with Gasteiger partial charge in [0.2, 0.25) is 5.91 Å². The maximum atomic E-state index is 12.2. The van der Waals surface area contributed by atoms with Crippen molar-refractivity contribution in [3.8, 4) is 5.75 Å². The fraction of sp³-hybridized carbons (Fsp3) is 0.562. The summed E-state index contributed by atoms with van der Waals surface area (Å²) in [7, 11) is 0. The zero-order chi connectivity index (χ0) is 14.8. The lowest BCUT2D eigenvalue weighted by Gasteiger charge is -2.28. The maximum Gasteiger partial charge on any atom is 0.237 e. The molecule has 4 N–H and O–H groups in total.